The Bertz CT molecular complexity index is 3230. The first kappa shape index (κ1) is 32.8. The molecule has 0 spiro atoms. The van der Waals surface area contributed by atoms with Gasteiger partial charge in [-0.25, -0.2) is 4.98 Å². The van der Waals surface area contributed by atoms with Crippen LogP contribution in [0.2, 0.25) is 0 Å². The highest BCUT2D eigenvalue weighted by molar-refractivity contribution is 6.09. The molecule has 0 radical (unpaired) electrons. The van der Waals surface area contributed by atoms with E-state index < -0.39 is 0 Å². The van der Waals surface area contributed by atoms with E-state index in [1.54, 1.807) is 0 Å². The molecule has 9 aromatic carbocycles. The van der Waals surface area contributed by atoms with Crippen LogP contribution in [0.4, 0.5) is 28.4 Å². The molecule has 0 aliphatic carbocycles. The number of para-hydroxylation sites is 3. The van der Waals surface area contributed by atoms with E-state index in [1.807, 2.05) is 42.5 Å². The quantitative estimate of drug-likeness (QED) is 0.156. The lowest BCUT2D eigenvalue weighted by molar-refractivity contribution is 0.622. The Morgan fingerprint density at radius 1 is 0.421 bits per heavy atom. The highest BCUT2D eigenvalue weighted by Crippen LogP contribution is 2.43. The Hall–Kier alpha value is -7.63. The van der Waals surface area contributed by atoms with Gasteiger partial charge in [0.1, 0.15) is 16.7 Å². The van der Waals surface area contributed by atoms with Gasteiger partial charge in [-0.05, 0) is 113 Å². The number of anilines is 5. The number of benzene rings is 9. The van der Waals surface area contributed by atoms with Gasteiger partial charge in [-0.2, -0.15) is 0 Å². The van der Waals surface area contributed by atoms with E-state index in [9.17, 15) is 0 Å². The fourth-order valence-corrected chi connectivity index (χ4v) is 8.20. The minimum absolute atomic E-state index is 0.571. The lowest BCUT2D eigenvalue weighted by Crippen LogP contribution is -2.17. The van der Waals surface area contributed by atoms with Gasteiger partial charge in [0, 0.05) is 56.7 Å². The average molecular weight is 734 g/mol. The summed E-state index contributed by atoms with van der Waals surface area (Å²) in [5.74, 6) is 0.606. The predicted octanol–water partition coefficient (Wildman–Crippen LogP) is 14.5. The molecule has 0 saturated carbocycles. The summed E-state index contributed by atoms with van der Waals surface area (Å²) in [6.45, 7) is 0.571. The maximum Gasteiger partial charge on any atom is 0.227 e. The minimum atomic E-state index is 0.571. The summed E-state index contributed by atoms with van der Waals surface area (Å²) in [6, 6.07) is 70.2. The van der Waals surface area contributed by atoms with E-state index in [4.69, 9.17) is 13.8 Å². The average Bonchev–Trinajstić information content (AvgIpc) is 3.88. The van der Waals surface area contributed by atoms with Crippen LogP contribution in [-0.2, 0) is 6.54 Å². The van der Waals surface area contributed by atoms with Crippen LogP contribution in [0.25, 0.3) is 66.0 Å². The lowest BCUT2D eigenvalue weighted by Gasteiger charge is -2.29. The van der Waals surface area contributed by atoms with Gasteiger partial charge < -0.3 is 18.6 Å². The van der Waals surface area contributed by atoms with Gasteiger partial charge in [0.15, 0.2) is 5.58 Å². The second-order valence-corrected chi connectivity index (χ2v) is 14.4. The highest BCUT2D eigenvalue weighted by atomic mass is 16.3. The maximum absolute atomic E-state index is 6.75. The van der Waals surface area contributed by atoms with Gasteiger partial charge in [0.05, 0.1) is 0 Å². The molecular formula is C52H35N3O2. The first-order valence-electron chi connectivity index (χ1n) is 19.2. The van der Waals surface area contributed by atoms with E-state index in [0.29, 0.717) is 12.4 Å². The van der Waals surface area contributed by atoms with E-state index in [1.165, 1.54) is 10.8 Å². The summed E-state index contributed by atoms with van der Waals surface area (Å²) in [4.78, 5) is 9.74. The van der Waals surface area contributed by atoms with Gasteiger partial charge in [-0.1, -0.05) is 109 Å². The third-order valence-corrected chi connectivity index (χ3v) is 10.9. The summed E-state index contributed by atoms with van der Waals surface area (Å²) in [5.41, 5.74) is 10.7. The van der Waals surface area contributed by atoms with Crippen molar-refractivity contribution in [1.82, 2.24) is 4.98 Å². The van der Waals surface area contributed by atoms with Crippen molar-refractivity contribution in [2.24, 2.45) is 0 Å². The van der Waals surface area contributed by atoms with Crippen LogP contribution >= 0.6 is 0 Å². The SMILES string of the molecule is c1ccc(-c2nc3ccc4cc(N(c5ccccc5)c5ccc6oc7ccccc7c6c5)cc(CN(c5ccccc5)c5ccc6ccccc6c5)c4c3o2)cc1. The van der Waals surface area contributed by atoms with E-state index in [-0.39, 0.29) is 0 Å². The summed E-state index contributed by atoms with van der Waals surface area (Å²) < 4.78 is 13.0. The molecule has 0 N–H and O–H groups in total. The Labute approximate surface area is 329 Å². The maximum atomic E-state index is 6.75. The van der Waals surface area contributed by atoms with Crippen molar-refractivity contribution in [2.75, 3.05) is 9.80 Å². The van der Waals surface area contributed by atoms with E-state index >= 15 is 0 Å². The van der Waals surface area contributed by atoms with Gasteiger partial charge in [-0.3, -0.25) is 0 Å². The van der Waals surface area contributed by atoms with Crippen LogP contribution in [0.3, 0.4) is 0 Å². The van der Waals surface area contributed by atoms with Gasteiger partial charge in [0.2, 0.25) is 5.89 Å². The summed E-state index contributed by atoms with van der Waals surface area (Å²) in [7, 11) is 0. The molecule has 0 unspecified atom stereocenters. The smallest absolute Gasteiger partial charge is 0.227 e. The fourth-order valence-electron chi connectivity index (χ4n) is 8.20. The van der Waals surface area contributed by atoms with Crippen LogP contribution in [0, 0.1) is 0 Å². The lowest BCUT2D eigenvalue weighted by atomic mass is 9.99. The zero-order valence-corrected chi connectivity index (χ0v) is 30.9. The zero-order chi connectivity index (χ0) is 37.7. The molecular weight excluding hydrogens is 699 g/mol. The molecule has 0 amide bonds. The van der Waals surface area contributed by atoms with Gasteiger partial charge in [-0.15, -0.1) is 0 Å². The van der Waals surface area contributed by atoms with Crippen molar-refractivity contribution >= 4 is 83.0 Å². The first-order chi connectivity index (χ1) is 28.2. The standard InChI is InChI=1S/C52H35N3O2/c1-4-15-36(16-5-1)52-53-47-28-25-38-31-44(55(41-20-8-3-9-21-41)43-27-29-49-46(33-43)45-22-12-13-23-48(45)56-49)32-39(50(38)51(47)57-52)34-54(40-18-6-2-7-19-40)42-26-24-35-14-10-11-17-37(35)30-42/h1-33H,34H2. The van der Waals surface area contributed by atoms with Gasteiger partial charge in [0.25, 0.3) is 0 Å². The molecule has 0 atom stereocenters. The first-order valence-corrected chi connectivity index (χ1v) is 19.2. The summed E-state index contributed by atoms with van der Waals surface area (Å²) in [5, 5.41) is 6.67. The molecule has 0 aliphatic heterocycles. The van der Waals surface area contributed by atoms with Gasteiger partial charge >= 0.3 is 0 Å². The van der Waals surface area contributed by atoms with Crippen molar-refractivity contribution in [3.05, 3.63) is 206 Å². The number of hydrogen-bond donors (Lipinski definition) is 0. The number of furan rings is 1. The van der Waals surface area contributed by atoms with Crippen LogP contribution in [-0.4, -0.2) is 4.98 Å². The molecule has 2 heterocycles. The predicted molar refractivity (Wildman–Crippen MR) is 235 cm³/mol. The Morgan fingerprint density at radius 3 is 1.89 bits per heavy atom. The number of nitrogens with zero attached hydrogens (tertiary/aromatic N) is 3. The summed E-state index contributed by atoms with van der Waals surface area (Å²) >= 11 is 0. The zero-order valence-electron chi connectivity index (χ0n) is 30.9. The Kier molecular flexibility index (Phi) is 7.81. The minimum Gasteiger partial charge on any atom is -0.456 e. The fraction of sp³-hybridized carbons (Fsp3) is 0.0192. The number of oxazole rings is 1. The molecule has 0 fully saturated rings. The molecule has 270 valence electrons. The second kappa shape index (κ2) is 13.6. The van der Waals surface area contributed by atoms with Crippen molar-refractivity contribution in [3.8, 4) is 11.5 Å². The van der Waals surface area contributed by atoms with E-state index in [2.05, 4.69) is 168 Å². The third-order valence-electron chi connectivity index (χ3n) is 10.9. The van der Waals surface area contributed by atoms with Crippen LogP contribution in [0.5, 0.6) is 0 Å². The molecule has 11 aromatic rings. The van der Waals surface area contributed by atoms with Crippen molar-refractivity contribution < 1.29 is 8.83 Å². The molecule has 5 heteroatoms. The van der Waals surface area contributed by atoms with Crippen LogP contribution < -0.4 is 9.80 Å². The topological polar surface area (TPSA) is 45.7 Å². The van der Waals surface area contributed by atoms with Crippen LogP contribution in [0.15, 0.2) is 209 Å². The van der Waals surface area contributed by atoms with Crippen molar-refractivity contribution in [2.45, 2.75) is 6.54 Å². The van der Waals surface area contributed by atoms with Crippen molar-refractivity contribution in [1.29, 1.82) is 0 Å². The van der Waals surface area contributed by atoms with E-state index in [0.717, 1.165) is 83.4 Å². The number of fused-ring (bicyclic) bond motifs is 7. The normalized spacial score (nSPS) is 11.6. The molecule has 0 aliphatic rings. The van der Waals surface area contributed by atoms with Crippen molar-refractivity contribution in [3.63, 3.8) is 0 Å². The number of rotatable bonds is 8. The molecule has 57 heavy (non-hydrogen) atoms. The third kappa shape index (κ3) is 5.85. The number of aromatic nitrogens is 1. The molecule has 0 bridgehead atoms. The largest absolute Gasteiger partial charge is 0.456 e. The molecule has 2 aromatic heterocycles. The summed E-state index contributed by atoms with van der Waals surface area (Å²) in [6.07, 6.45) is 0. The molecule has 5 nitrogen and oxygen atoms in total. The molecule has 0 saturated heterocycles. The highest BCUT2D eigenvalue weighted by Gasteiger charge is 2.22. The Morgan fingerprint density at radius 2 is 1.07 bits per heavy atom. The Balaban J connectivity index is 1.16. The number of hydrogen-bond acceptors (Lipinski definition) is 5. The molecule has 11 rings (SSSR count). The van der Waals surface area contributed by atoms with Crippen LogP contribution in [0.1, 0.15) is 5.56 Å². The monoisotopic (exact) mass is 733 g/mol. The second-order valence-electron chi connectivity index (χ2n) is 14.4.